The average Bonchev–Trinajstić information content (AvgIpc) is 2.90. The highest BCUT2D eigenvalue weighted by molar-refractivity contribution is 5.74. The number of carboxylic acid groups (broad SMARTS) is 1. The third kappa shape index (κ3) is 7.28. The molecule has 0 aliphatic carbocycles. The number of ether oxygens (including phenoxy) is 5. The summed E-state index contributed by atoms with van der Waals surface area (Å²) in [7, 11) is 0. The Kier molecular flexibility index (Phi) is 11.3. The first-order valence-corrected chi connectivity index (χ1v) is 12.6. The van der Waals surface area contributed by atoms with Crippen LogP contribution in [0.25, 0.3) is 0 Å². The summed E-state index contributed by atoms with van der Waals surface area (Å²) in [5, 5.41) is 96.5. The molecule has 2 amide bonds. The monoisotopic (exact) mass is 600 g/mol. The number of carbonyl (C=O) groups is 3. The lowest BCUT2D eigenvalue weighted by molar-refractivity contribution is -0.361. The van der Waals surface area contributed by atoms with Crippen LogP contribution in [-0.4, -0.2) is 169 Å². The number of hydrogen-bond donors (Lipinski definition) is 11. The summed E-state index contributed by atoms with van der Waals surface area (Å²) < 4.78 is 26.9. The number of amides is 2. The van der Waals surface area contributed by atoms with Gasteiger partial charge in [0.15, 0.2) is 25.0 Å². The van der Waals surface area contributed by atoms with Gasteiger partial charge in [-0.1, -0.05) is 0 Å². The molecule has 0 spiro atoms. The maximum Gasteiger partial charge on any atom is 0.335 e. The second-order valence-electron chi connectivity index (χ2n) is 9.84. The van der Waals surface area contributed by atoms with E-state index in [9.17, 15) is 60.3 Å². The molecule has 3 aliphatic heterocycles. The summed E-state index contributed by atoms with van der Waals surface area (Å²) in [6.07, 6.45) is -23.6. The Balaban J connectivity index is 1.83. The van der Waals surface area contributed by atoms with Crippen molar-refractivity contribution >= 4 is 17.8 Å². The Hall–Kier alpha value is -2.11. The molecular weight excluding hydrogens is 564 g/mol. The zero-order valence-corrected chi connectivity index (χ0v) is 21.9. The van der Waals surface area contributed by atoms with Crippen molar-refractivity contribution in [2.75, 3.05) is 13.2 Å². The summed E-state index contributed by atoms with van der Waals surface area (Å²) >= 11 is 0. The lowest BCUT2D eigenvalue weighted by Gasteiger charge is -2.48. The van der Waals surface area contributed by atoms with Crippen LogP contribution in [-0.2, 0) is 38.1 Å². The van der Waals surface area contributed by atoms with Gasteiger partial charge in [0.05, 0.1) is 13.2 Å². The maximum atomic E-state index is 12.1. The van der Waals surface area contributed by atoms with Crippen LogP contribution in [0.5, 0.6) is 0 Å². The standard InChI is InChI=1S/C22H36N2O17/c1-5(27)23-9-13(31)16(8(4-26)37-20(9)36)39-22-15(33)14(32)17(18(41-22)19(34)35)40-21-10(24-6(2)28)12(30)11(29)7(3-25)38-21/h7-18,20-22,25-26,29-33,36H,3-4H2,1-2H3,(H,23,27)(H,24,28)(H,34,35)/t7-,8-,9-,10-,11-,12-,13-,14-,15-,16-,17+,18+,20-,21-,22-/m1/s1. The topological polar surface area (TPSA) is 303 Å². The van der Waals surface area contributed by atoms with Gasteiger partial charge in [-0.3, -0.25) is 9.59 Å². The predicted octanol–water partition coefficient (Wildman–Crippen LogP) is -7.19. The fourth-order valence-electron chi connectivity index (χ4n) is 4.84. The van der Waals surface area contributed by atoms with Crippen molar-refractivity contribution in [3.05, 3.63) is 0 Å². The van der Waals surface area contributed by atoms with Gasteiger partial charge in [-0.2, -0.15) is 0 Å². The van der Waals surface area contributed by atoms with E-state index in [0.29, 0.717) is 0 Å². The zero-order chi connectivity index (χ0) is 30.8. The number of nitrogens with one attached hydrogen (secondary N) is 2. The SMILES string of the molecule is CC(=O)N[C@@H]1[C@@H](O)[C@H](O[C@@H]2O[C@H](C(=O)O)[C@@H](O[C@H]3O[C@H](CO)[C@@H](O)[C@H](O)[C@H]3NC(C)=O)[C@H](O)[C@H]2O)[C@@H](CO)O[C@H]1O. The molecular formula is C22H36N2O17. The Morgan fingerprint density at radius 2 is 1.22 bits per heavy atom. The van der Waals surface area contributed by atoms with Crippen LogP contribution < -0.4 is 10.6 Å². The van der Waals surface area contributed by atoms with E-state index < -0.39 is 123 Å². The molecule has 15 atom stereocenters. The molecule has 0 aromatic carbocycles. The van der Waals surface area contributed by atoms with E-state index in [4.69, 9.17) is 23.7 Å². The molecule has 236 valence electrons. The van der Waals surface area contributed by atoms with E-state index in [1.54, 1.807) is 0 Å². The van der Waals surface area contributed by atoms with Crippen LogP contribution in [0.3, 0.4) is 0 Å². The van der Waals surface area contributed by atoms with Gasteiger partial charge in [-0.25, -0.2) is 4.79 Å². The van der Waals surface area contributed by atoms with Gasteiger partial charge in [0.2, 0.25) is 11.8 Å². The molecule has 19 nitrogen and oxygen atoms in total. The quantitative estimate of drug-likeness (QED) is 0.117. The average molecular weight is 601 g/mol. The molecule has 0 aromatic heterocycles. The van der Waals surface area contributed by atoms with Crippen molar-refractivity contribution < 1.29 is 84.0 Å². The number of hydrogen-bond acceptors (Lipinski definition) is 16. The molecule has 0 saturated carbocycles. The van der Waals surface area contributed by atoms with E-state index >= 15 is 0 Å². The van der Waals surface area contributed by atoms with Crippen molar-refractivity contribution in [1.29, 1.82) is 0 Å². The largest absolute Gasteiger partial charge is 0.479 e. The Bertz CT molecular complexity index is 927. The molecule has 19 heteroatoms. The first kappa shape index (κ1) is 33.4. The smallest absolute Gasteiger partial charge is 0.335 e. The summed E-state index contributed by atoms with van der Waals surface area (Å²) in [5.41, 5.74) is 0. The molecule has 3 fully saturated rings. The Morgan fingerprint density at radius 1 is 0.659 bits per heavy atom. The molecule has 0 aromatic rings. The number of rotatable bonds is 9. The Labute approximate surface area is 232 Å². The fourth-order valence-corrected chi connectivity index (χ4v) is 4.84. The van der Waals surface area contributed by atoms with E-state index in [1.165, 1.54) is 0 Å². The second-order valence-corrected chi connectivity index (χ2v) is 9.84. The third-order valence-electron chi connectivity index (χ3n) is 6.86. The number of carboxylic acids is 1. The number of aliphatic hydroxyl groups is 8. The highest BCUT2D eigenvalue weighted by Crippen LogP contribution is 2.32. The van der Waals surface area contributed by atoms with Crippen LogP contribution in [0.2, 0.25) is 0 Å². The summed E-state index contributed by atoms with van der Waals surface area (Å²) in [4.78, 5) is 35.3. The highest BCUT2D eigenvalue weighted by atomic mass is 16.7. The number of carbonyl (C=O) groups excluding carboxylic acids is 2. The van der Waals surface area contributed by atoms with E-state index in [1.807, 2.05) is 0 Å². The molecule has 41 heavy (non-hydrogen) atoms. The van der Waals surface area contributed by atoms with Crippen LogP contribution >= 0.6 is 0 Å². The van der Waals surface area contributed by atoms with E-state index in [-0.39, 0.29) is 0 Å². The maximum absolute atomic E-state index is 12.1. The van der Waals surface area contributed by atoms with Gasteiger partial charge in [0, 0.05) is 13.8 Å². The number of aliphatic hydroxyl groups excluding tert-OH is 8. The fraction of sp³-hybridized carbons (Fsp3) is 0.864. The molecule has 3 heterocycles. The van der Waals surface area contributed by atoms with Gasteiger partial charge in [0.1, 0.15) is 67.0 Å². The normalized spacial score (nSPS) is 45.1. The van der Waals surface area contributed by atoms with Crippen molar-refractivity contribution in [2.24, 2.45) is 0 Å². The summed E-state index contributed by atoms with van der Waals surface area (Å²) in [6.45, 7) is 0.498. The van der Waals surface area contributed by atoms with Crippen LogP contribution in [0.1, 0.15) is 13.8 Å². The van der Waals surface area contributed by atoms with Crippen molar-refractivity contribution in [3.63, 3.8) is 0 Å². The minimum absolute atomic E-state index is 0.670. The summed E-state index contributed by atoms with van der Waals surface area (Å²) in [6, 6.07) is -2.98. The lowest BCUT2D eigenvalue weighted by Crippen LogP contribution is -2.69. The summed E-state index contributed by atoms with van der Waals surface area (Å²) in [5.74, 6) is -3.12. The minimum atomic E-state index is -2.13. The van der Waals surface area contributed by atoms with Gasteiger partial charge >= 0.3 is 5.97 Å². The van der Waals surface area contributed by atoms with Crippen molar-refractivity contribution in [1.82, 2.24) is 10.6 Å². The lowest BCUT2D eigenvalue weighted by atomic mass is 9.94. The molecule has 0 radical (unpaired) electrons. The zero-order valence-electron chi connectivity index (χ0n) is 21.9. The molecule has 3 saturated heterocycles. The van der Waals surface area contributed by atoms with Gasteiger partial charge in [0.25, 0.3) is 0 Å². The van der Waals surface area contributed by atoms with Crippen LogP contribution in [0, 0.1) is 0 Å². The molecule has 0 bridgehead atoms. The van der Waals surface area contributed by atoms with Crippen LogP contribution in [0.15, 0.2) is 0 Å². The Morgan fingerprint density at radius 3 is 1.76 bits per heavy atom. The number of aliphatic carboxylic acids is 1. The minimum Gasteiger partial charge on any atom is -0.479 e. The molecule has 11 N–H and O–H groups in total. The van der Waals surface area contributed by atoms with Gasteiger partial charge < -0.3 is 80.3 Å². The third-order valence-corrected chi connectivity index (χ3v) is 6.86. The van der Waals surface area contributed by atoms with Crippen molar-refractivity contribution in [3.8, 4) is 0 Å². The van der Waals surface area contributed by atoms with Gasteiger partial charge in [-0.05, 0) is 0 Å². The van der Waals surface area contributed by atoms with E-state index in [2.05, 4.69) is 10.6 Å². The first-order valence-electron chi connectivity index (χ1n) is 12.6. The van der Waals surface area contributed by atoms with E-state index in [0.717, 1.165) is 13.8 Å². The highest BCUT2D eigenvalue weighted by Gasteiger charge is 2.55. The second kappa shape index (κ2) is 13.9. The van der Waals surface area contributed by atoms with Crippen molar-refractivity contribution in [2.45, 2.75) is 106 Å². The van der Waals surface area contributed by atoms with Gasteiger partial charge in [-0.15, -0.1) is 0 Å². The molecule has 3 aliphatic rings. The van der Waals surface area contributed by atoms with Crippen LogP contribution in [0.4, 0.5) is 0 Å². The molecule has 0 unspecified atom stereocenters. The molecule has 3 rings (SSSR count). The predicted molar refractivity (Wildman–Crippen MR) is 125 cm³/mol. The first-order chi connectivity index (χ1) is 19.2.